The fourth-order valence-electron chi connectivity index (χ4n) is 3.87. The Bertz CT molecular complexity index is 1060. The molecule has 27 heavy (non-hydrogen) atoms. The second-order valence-electron chi connectivity index (χ2n) is 7.15. The molecule has 3 aromatic rings. The van der Waals surface area contributed by atoms with E-state index in [4.69, 9.17) is 4.98 Å². The maximum atomic E-state index is 9.19. The van der Waals surface area contributed by atoms with Gasteiger partial charge in [-0.15, -0.1) is 0 Å². The van der Waals surface area contributed by atoms with Crippen molar-refractivity contribution in [3.05, 3.63) is 50.7 Å². The number of hydrogen-bond acceptors (Lipinski definition) is 3. The number of halogens is 2. The van der Waals surface area contributed by atoms with E-state index in [9.17, 15) is 5.26 Å². The van der Waals surface area contributed by atoms with Crippen molar-refractivity contribution in [3.8, 4) is 11.8 Å². The molecule has 0 spiro atoms. The van der Waals surface area contributed by atoms with E-state index >= 15 is 0 Å². The number of hydrogen-bond donors (Lipinski definition) is 0. The van der Waals surface area contributed by atoms with Crippen LogP contribution in [-0.2, 0) is 0 Å². The molecular weight excluding hydrogens is 468 g/mol. The molecule has 4 nitrogen and oxygen atoms in total. The Hall–Kier alpha value is -1.84. The smallest absolute Gasteiger partial charge is 0.147 e. The summed E-state index contributed by atoms with van der Waals surface area (Å²) in [4.78, 5) is 7.29. The van der Waals surface area contributed by atoms with Gasteiger partial charge in [-0.3, -0.25) is 4.57 Å². The van der Waals surface area contributed by atoms with Crippen LogP contribution in [0, 0.1) is 31.1 Å². The second-order valence-corrected chi connectivity index (χ2v) is 8.92. The maximum absolute atomic E-state index is 9.19. The van der Waals surface area contributed by atoms with Crippen LogP contribution in [0.2, 0.25) is 0 Å². The van der Waals surface area contributed by atoms with Gasteiger partial charge in [-0.25, -0.2) is 4.98 Å². The van der Waals surface area contributed by atoms with Crippen molar-refractivity contribution in [2.45, 2.75) is 26.7 Å². The predicted molar refractivity (Wildman–Crippen MR) is 116 cm³/mol. The number of aryl methyl sites for hydroxylation is 2. The number of rotatable bonds is 2. The Labute approximate surface area is 176 Å². The number of aromatic nitrogens is 2. The molecule has 0 bridgehead atoms. The van der Waals surface area contributed by atoms with Crippen LogP contribution in [-0.4, -0.2) is 22.6 Å². The van der Waals surface area contributed by atoms with Crippen LogP contribution in [0.25, 0.3) is 16.7 Å². The third-order valence-electron chi connectivity index (χ3n) is 5.24. The minimum Gasteiger partial charge on any atom is -0.371 e. The Morgan fingerprint density at radius 3 is 2.52 bits per heavy atom. The molecule has 0 saturated carbocycles. The normalized spacial score (nSPS) is 15.3. The molecule has 0 amide bonds. The number of fused-ring (bicyclic) bond motifs is 1. The van der Waals surface area contributed by atoms with Crippen LogP contribution in [0.4, 0.5) is 5.69 Å². The van der Waals surface area contributed by atoms with E-state index in [2.05, 4.69) is 78.7 Å². The summed E-state index contributed by atoms with van der Waals surface area (Å²) in [7, 11) is 0. The third-order valence-corrected chi connectivity index (χ3v) is 6.37. The quantitative estimate of drug-likeness (QED) is 0.451. The van der Waals surface area contributed by atoms with Gasteiger partial charge in [-0.2, -0.15) is 5.26 Å². The molecule has 0 atom stereocenters. The summed E-state index contributed by atoms with van der Waals surface area (Å²) in [6.45, 7) is 6.04. The summed E-state index contributed by atoms with van der Waals surface area (Å²) in [6, 6.07) is 10.8. The summed E-state index contributed by atoms with van der Waals surface area (Å²) in [5.74, 6) is 0.184. The van der Waals surface area contributed by atoms with Crippen molar-refractivity contribution >= 4 is 48.6 Å². The molecule has 0 unspecified atom stereocenters. The highest BCUT2D eigenvalue weighted by molar-refractivity contribution is 9.11. The summed E-state index contributed by atoms with van der Waals surface area (Å²) in [6.07, 6.45) is 4.02. The standard InChI is InChI=1S/C21H20Br2N4/c1-13-12-27(18-4-3-16(22)10-17(18)23)21-20(13)19(9-14(2)25-21)26-7-5-15(11-24)6-8-26/h3-4,9-10,12,15H,5-8H2,1-2H3. The second kappa shape index (κ2) is 7.29. The summed E-state index contributed by atoms with van der Waals surface area (Å²) < 4.78 is 4.23. The molecule has 0 aliphatic carbocycles. The van der Waals surface area contributed by atoms with Gasteiger partial charge in [0.05, 0.1) is 11.8 Å². The highest BCUT2D eigenvalue weighted by Gasteiger charge is 2.23. The molecule has 1 aliphatic heterocycles. The van der Waals surface area contributed by atoms with E-state index in [0.717, 1.165) is 51.9 Å². The van der Waals surface area contributed by atoms with Gasteiger partial charge in [-0.1, -0.05) is 15.9 Å². The van der Waals surface area contributed by atoms with Crippen LogP contribution in [0.1, 0.15) is 24.1 Å². The van der Waals surface area contributed by atoms with Crippen LogP contribution < -0.4 is 4.90 Å². The average Bonchev–Trinajstić information content (AvgIpc) is 2.97. The van der Waals surface area contributed by atoms with Gasteiger partial charge in [0, 0.05) is 50.9 Å². The lowest BCUT2D eigenvalue weighted by atomic mass is 9.97. The van der Waals surface area contributed by atoms with E-state index in [1.807, 2.05) is 13.0 Å². The van der Waals surface area contributed by atoms with Crippen LogP contribution in [0.3, 0.4) is 0 Å². The molecule has 1 fully saturated rings. The van der Waals surface area contributed by atoms with Crippen molar-refractivity contribution in [2.75, 3.05) is 18.0 Å². The Kier molecular flexibility index (Phi) is 5.00. The zero-order valence-corrected chi connectivity index (χ0v) is 18.5. The van der Waals surface area contributed by atoms with Gasteiger partial charge in [0.1, 0.15) is 5.65 Å². The first-order valence-electron chi connectivity index (χ1n) is 9.07. The Morgan fingerprint density at radius 1 is 1.11 bits per heavy atom. The SMILES string of the molecule is Cc1cc(N2CCC(C#N)CC2)c2c(C)cn(-c3ccc(Br)cc3Br)c2n1. The largest absolute Gasteiger partial charge is 0.371 e. The number of pyridine rings is 1. The van der Waals surface area contributed by atoms with Gasteiger partial charge in [0.25, 0.3) is 0 Å². The lowest BCUT2D eigenvalue weighted by Gasteiger charge is -2.32. The minimum atomic E-state index is 0.184. The molecule has 4 rings (SSSR count). The van der Waals surface area contributed by atoms with E-state index in [0.29, 0.717) is 0 Å². The number of nitriles is 1. The van der Waals surface area contributed by atoms with E-state index in [1.54, 1.807) is 0 Å². The first kappa shape index (κ1) is 18.5. The summed E-state index contributed by atoms with van der Waals surface area (Å²) >= 11 is 7.21. The molecule has 0 radical (unpaired) electrons. The van der Waals surface area contributed by atoms with Gasteiger partial charge in [-0.05, 0) is 72.4 Å². The molecule has 6 heteroatoms. The first-order chi connectivity index (χ1) is 13.0. The Morgan fingerprint density at radius 2 is 1.85 bits per heavy atom. The topological polar surface area (TPSA) is 44.9 Å². The predicted octanol–water partition coefficient (Wildman–Crippen LogP) is 5.91. The van der Waals surface area contributed by atoms with Gasteiger partial charge < -0.3 is 4.90 Å². The molecular formula is C21H20Br2N4. The van der Waals surface area contributed by atoms with Crippen molar-refractivity contribution in [1.29, 1.82) is 5.26 Å². The van der Waals surface area contributed by atoms with Crippen LogP contribution in [0.15, 0.2) is 39.4 Å². The fourth-order valence-corrected chi connectivity index (χ4v) is 5.11. The van der Waals surface area contributed by atoms with Crippen molar-refractivity contribution in [3.63, 3.8) is 0 Å². The van der Waals surface area contributed by atoms with Crippen molar-refractivity contribution in [2.24, 2.45) is 5.92 Å². The van der Waals surface area contributed by atoms with Gasteiger partial charge in [0.15, 0.2) is 0 Å². The minimum absolute atomic E-state index is 0.184. The number of benzene rings is 1. The van der Waals surface area contributed by atoms with Crippen LogP contribution >= 0.6 is 31.9 Å². The number of anilines is 1. The average molecular weight is 488 g/mol. The molecule has 1 saturated heterocycles. The third kappa shape index (κ3) is 3.39. The number of piperidine rings is 1. The zero-order chi connectivity index (χ0) is 19.1. The zero-order valence-electron chi connectivity index (χ0n) is 15.3. The van der Waals surface area contributed by atoms with Crippen LogP contribution in [0.5, 0.6) is 0 Å². The van der Waals surface area contributed by atoms with E-state index < -0.39 is 0 Å². The van der Waals surface area contributed by atoms with E-state index in [-0.39, 0.29) is 5.92 Å². The highest BCUT2D eigenvalue weighted by Crippen LogP contribution is 2.36. The molecule has 1 aromatic carbocycles. The summed E-state index contributed by atoms with van der Waals surface area (Å²) in [5.41, 5.74) is 5.51. The summed E-state index contributed by atoms with van der Waals surface area (Å²) in [5, 5.41) is 10.4. The molecule has 3 heterocycles. The van der Waals surface area contributed by atoms with Gasteiger partial charge >= 0.3 is 0 Å². The fraction of sp³-hybridized carbons (Fsp3) is 0.333. The van der Waals surface area contributed by atoms with Gasteiger partial charge in [0.2, 0.25) is 0 Å². The lowest BCUT2D eigenvalue weighted by Crippen LogP contribution is -2.33. The molecule has 1 aliphatic rings. The molecule has 0 N–H and O–H groups in total. The highest BCUT2D eigenvalue weighted by atomic mass is 79.9. The number of nitrogens with zero attached hydrogens (tertiary/aromatic N) is 4. The monoisotopic (exact) mass is 486 g/mol. The van der Waals surface area contributed by atoms with Crippen molar-refractivity contribution < 1.29 is 0 Å². The molecule has 2 aromatic heterocycles. The van der Waals surface area contributed by atoms with Crippen molar-refractivity contribution in [1.82, 2.24) is 9.55 Å². The maximum Gasteiger partial charge on any atom is 0.147 e. The lowest BCUT2D eigenvalue weighted by molar-refractivity contribution is 0.488. The first-order valence-corrected chi connectivity index (χ1v) is 10.7. The van der Waals surface area contributed by atoms with E-state index in [1.165, 1.54) is 16.6 Å². The Balaban J connectivity index is 1.86. The molecule has 138 valence electrons.